The first-order chi connectivity index (χ1) is 27.7. The zero-order valence-corrected chi connectivity index (χ0v) is 35.6. The molecule has 0 aromatic heterocycles. The van der Waals surface area contributed by atoms with Crippen LogP contribution in [0.1, 0.15) is 168 Å². The van der Waals surface area contributed by atoms with E-state index in [1.807, 2.05) is 0 Å². The van der Waals surface area contributed by atoms with Gasteiger partial charge in [0.1, 0.15) is 36.6 Å². The van der Waals surface area contributed by atoms with Crippen LogP contribution in [0.25, 0.3) is 0 Å². The lowest BCUT2D eigenvalue weighted by atomic mass is 9.98. The normalized spacial score (nSPS) is 22.6. The van der Waals surface area contributed by atoms with Crippen LogP contribution in [0.3, 0.4) is 0 Å². The summed E-state index contributed by atoms with van der Waals surface area (Å²) in [5, 5.41) is 75.5. The average molecular weight is 810 g/mol. The van der Waals surface area contributed by atoms with Gasteiger partial charge in [-0.15, -0.1) is 0 Å². The lowest BCUT2D eigenvalue weighted by Gasteiger charge is -2.40. The molecule has 0 spiro atoms. The van der Waals surface area contributed by atoms with E-state index in [2.05, 4.69) is 67.8 Å². The molecule has 8 N–H and O–H groups in total. The van der Waals surface area contributed by atoms with Gasteiger partial charge in [-0.25, -0.2) is 0 Å². The van der Waals surface area contributed by atoms with Crippen molar-refractivity contribution in [2.24, 2.45) is 0 Å². The summed E-state index contributed by atoms with van der Waals surface area (Å²) in [4.78, 5) is 13.1. The van der Waals surface area contributed by atoms with Crippen LogP contribution in [-0.2, 0) is 14.3 Å². The van der Waals surface area contributed by atoms with Crippen molar-refractivity contribution in [2.45, 2.75) is 223 Å². The van der Waals surface area contributed by atoms with Gasteiger partial charge < -0.3 is 50.5 Å². The van der Waals surface area contributed by atoms with Gasteiger partial charge in [-0.1, -0.05) is 133 Å². The van der Waals surface area contributed by atoms with E-state index < -0.39 is 74.2 Å². The summed E-state index contributed by atoms with van der Waals surface area (Å²) >= 11 is 0. The summed E-state index contributed by atoms with van der Waals surface area (Å²) < 4.78 is 11.1. The van der Waals surface area contributed by atoms with E-state index in [1.54, 1.807) is 0 Å². The molecule has 11 heteroatoms. The van der Waals surface area contributed by atoms with Crippen LogP contribution in [0.4, 0.5) is 0 Å². The first kappa shape index (κ1) is 53.1. The Morgan fingerprint density at radius 1 is 0.614 bits per heavy atom. The third-order valence-corrected chi connectivity index (χ3v) is 10.6. The molecule has 1 aliphatic heterocycles. The fourth-order valence-electron chi connectivity index (χ4n) is 6.78. The largest absolute Gasteiger partial charge is 0.394 e. The molecule has 1 rings (SSSR count). The van der Waals surface area contributed by atoms with Crippen LogP contribution in [0.2, 0.25) is 0 Å². The summed E-state index contributed by atoms with van der Waals surface area (Å²) in [5.41, 5.74) is 0. The van der Waals surface area contributed by atoms with Crippen molar-refractivity contribution in [3.05, 3.63) is 48.6 Å². The minimum Gasteiger partial charge on any atom is -0.394 e. The molecule has 57 heavy (non-hydrogen) atoms. The number of carbonyl (C=O) groups is 1. The number of rotatable bonds is 36. The van der Waals surface area contributed by atoms with Crippen molar-refractivity contribution < 1.29 is 50.0 Å². The van der Waals surface area contributed by atoms with Crippen LogP contribution in [0.5, 0.6) is 0 Å². The Morgan fingerprint density at radius 2 is 1.11 bits per heavy atom. The van der Waals surface area contributed by atoms with E-state index in [0.717, 1.165) is 70.6 Å². The summed E-state index contributed by atoms with van der Waals surface area (Å²) in [7, 11) is 0. The van der Waals surface area contributed by atoms with Gasteiger partial charge >= 0.3 is 0 Å². The van der Waals surface area contributed by atoms with Crippen LogP contribution in [0.15, 0.2) is 48.6 Å². The molecule has 0 saturated carbocycles. The number of carbonyl (C=O) groups excluding carboxylic acids is 1. The van der Waals surface area contributed by atoms with Crippen molar-refractivity contribution in [3.63, 3.8) is 0 Å². The van der Waals surface area contributed by atoms with Gasteiger partial charge in [0.05, 0.1) is 25.4 Å². The standard InChI is InChI=1S/C46H83NO10/c1-3-5-7-9-11-13-15-17-19-20-22-24-26-28-30-32-34-39(50)45(55)47-37(36-56-46-44(54)43(53)42(52)40(35-48)57-46)41(51)38(49)33-31-29-27-25-23-21-18-16-14-12-10-8-6-4-2/h11,13,16-19,25,27,37-44,46,48-54H,3-10,12,14-15,20-24,26,28-36H2,1-2H3,(H,47,55)/b13-11-,18-16+,19-17-,27-25+. The van der Waals surface area contributed by atoms with Crippen molar-refractivity contribution >= 4 is 5.91 Å². The molecule has 1 saturated heterocycles. The van der Waals surface area contributed by atoms with Crippen molar-refractivity contribution in [2.75, 3.05) is 13.2 Å². The number of allylic oxidation sites excluding steroid dienone is 8. The first-order valence-electron chi connectivity index (χ1n) is 22.5. The molecule has 1 fully saturated rings. The number of hydrogen-bond donors (Lipinski definition) is 8. The van der Waals surface area contributed by atoms with Gasteiger partial charge in [0.2, 0.25) is 5.91 Å². The van der Waals surface area contributed by atoms with Gasteiger partial charge in [-0.05, 0) is 83.5 Å². The number of hydrogen-bond acceptors (Lipinski definition) is 10. The van der Waals surface area contributed by atoms with E-state index >= 15 is 0 Å². The molecule has 0 radical (unpaired) electrons. The molecule has 1 heterocycles. The van der Waals surface area contributed by atoms with Crippen LogP contribution in [-0.4, -0.2) is 110 Å². The molecule has 1 amide bonds. The maximum atomic E-state index is 13.1. The highest BCUT2D eigenvalue weighted by Gasteiger charge is 2.44. The number of nitrogens with one attached hydrogen (secondary N) is 1. The highest BCUT2D eigenvalue weighted by atomic mass is 16.7. The van der Waals surface area contributed by atoms with Gasteiger partial charge in [-0.3, -0.25) is 4.79 Å². The van der Waals surface area contributed by atoms with E-state index in [9.17, 15) is 40.5 Å². The van der Waals surface area contributed by atoms with Crippen LogP contribution >= 0.6 is 0 Å². The second-order valence-corrected chi connectivity index (χ2v) is 15.7. The van der Waals surface area contributed by atoms with E-state index in [0.29, 0.717) is 19.3 Å². The molecule has 0 aromatic rings. The Bertz CT molecular complexity index is 1070. The smallest absolute Gasteiger partial charge is 0.249 e. The minimum atomic E-state index is -1.67. The molecule has 0 aliphatic carbocycles. The van der Waals surface area contributed by atoms with E-state index in [4.69, 9.17) is 9.47 Å². The van der Waals surface area contributed by atoms with Crippen LogP contribution < -0.4 is 5.32 Å². The Hall–Kier alpha value is -1.93. The highest BCUT2D eigenvalue weighted by Crippen LogP contribution is 2.23. The Morgan fingerprint density at radius 3 is 1.70 bits per heavy atom. The average Bonchev–Trinajstić information content (AvgIpc) is 3.21. The second-order valence-electron chi connectivity index (χ2n) is 15.7. The van der Waals surface area contributed by atoms with Crippen molar-refractivity contribution in [3.8, 4) is 0 Å². The maximum absolute atomic E-state index is 13.1. The lowest BCUT2D eigenvalue weighted by molar-refractivity contribution is -0.303. The Labute approximate surface area is 345 Å². The molecule has 9 atom stereocenters. The predicted octanol–water partition coefficient (Wildman–Crippen LogP) is 7.00. The zero-order valence-electron chi connectivity index (χ0n) is 35.6. The Balaban J connectivity index is 2.52. The number of ether oxygens (including phenoxy) is 2. The minimum absolute atomic E-state index is 0.237. The zero-order chi connectivity index (χ0) is 41.9. The van der Waals surface area contributed by atoms with Crippen molar-refractivity contribution in [1.29, 1.82) is 0 Å². The second kappa shape index (κ2) is 36.0. The SMILES string of the molecule is CCCCC/C=C\C/C=C\CCCCCCCCC(O)C(=O)NC(COC1OC(CO)C(O)C(O)C1O)C(O)C(O)CCC/C=C/CC/C=C/CCCCCCC. The quantitative estimate of drug-likeness (QED) is 0.0242. The lowest BCUT2D eigenvalue weighted by Crippen LogP contribution is -2.60. The molecule has 332 valence electrons. The van der Waals surface area contributed by atoms with Gasteiger partial charge in [0.15, 0.2) is 6.29 Å². The summed E-state index contributed by atoms with van der Waals surface area (Å²) in [6.45, 7) is 3.35. The number of aliphatic hydroxyl groups is 7. The number of unbranched alkanes of at least 4 members (excludes halogenated alkanes) is 16. The number of amides is 1. The van der Waals surface area contributed by atoms with E-state index in [1.165, 1.54) is 51.4 Å². The van der Waals surface area contributed by atoms with Gasteiger partial charge in [-0.2, -0.15) is 0 Å². The third-order valence-electron chi connectivity index (χ3n) is 10.6. The monoisotopic (exact) mass is 810 g/mol. The molecular formula is C46H83NO10. The molecule has 9 unspecified atom stereocenters. The Kier molecular flexibility index (Phi) is 33.5. The summed E-state index contributed by atoms with van der Waals surface area (Å²) in [5.74, 6) is -0.722. The molecule has 1 aliphatic rings. The fourth-order valence-corrected chi connectivity index (χ4v) is 6.78. The third kappa shape index (κ3) is 26.0. The van der Waals surface area contributed by atoms with Gasteiger partial charge in [0, 0.05) is 0 Å². The maximum Gasteiger partial charge on any atom is 0.249 e. The predicted molar refractivity (Wildman–Crippen MR) is 228 cm³/mol. The molecule has 11 nitrogen and oxygen atoms in total. The van der Waals surface area contributed by atoms with Crippen LogP contribution in [0, 0.1) is 0 Å². The topological polar surface area (TPSA) is 189 Å². The van der Waals surface area contributed by atoms with Gasteiger partial charge in [0.25, 0.3) is 0 Å². The van der Waals surface area contributed by atoms with E-state index in [-0.39, 0.29) is 12.8 Å². The number of aliphatic hydroxyl groups excluding tert-OH is 7. The molecule has 0 bridgehead atoms. The van der Waals surface area contributed by atoms with Crippen molar-refractivity contribution in [1.82, 2.24) is 5.32 Å². The summed E-state index contributed by atoms with van der Waals surface area (Å²) in [6.07, 6.45) is 30.1. The molecular weight excluding hydrogens is 727 g/mol. The fraction of sp³-hybridized carbons (Fsp3) is 0.804. The summed E-state index contributed by atoms with van der Waals surface area (Å²) in [6, 6.07) is -1.20. The molecule has 0 aromatic carbocycles. The first-order valence-corrected chi connectivity index (χ1v) is 22.5. The highest BCUT2D eigenvalue weighted by molar-refractivity contribution is 5.80.